The van der Waals surface area contributed by atoms with Gasteiger partial charge in [0, 0.05) is 38.2 Å². The number of nitrogens with two attached hydrogens (primary N) is 1. The number of aromatic nitrogens is 1. The number of nitrogens with one attached hydrogen (secondary N) is 1. The number of ether oxygens (including phenoxy) is 3. The molecule has 2 aliphatic rings. The first-order valence-electron chi connectivity index (χ1n) is 12.1. The van der Waals surface area contributed by atoms with Crippen molar-refractivity contribution in [1.82, 2.24) is 15.2 Å². The fourth-order valence-electron chi connectivity index (χ4n) is 4.22. The second-order valence-corrected chi connectivity index (χ2v) is 11.4. The molecule has 0 bridgehead atoms. The number of aliphatic hydroxyl groups excluding tert-OH is 1. The van der Waals surface area contributed by atoms with Gasteiger partial charge < -0.3 is 35.3 Å². The summed E-state index contributed by atoms with van der Waals surface area (Å²) in [6.45, 7) is 5.69. The van der Waals surface area contributed by atoms with Crippen molar-refractivity contribution in [3.8, 4) is 0 Å². The molecule has 4 N–H and O–H groups in total. The van der Waals surface area contributed by atoms with Crippen LogP contribution in [0.2, 0.25) is 0 Å². The fourth-order valence-corrected chi connectivity index (χ4v) is 6.33. The Morgan fingerprint density at radius 1 is 1.26 bits per heavy atom. The number of hydrogen-bond donors (Lipinski definition) is 3. The molecule has 1 amide bonds. The van der Waals surface area contributed by atoms with Crippen LogP contribution in [0.4, 0.5) is 5.82 Å². The van der Waals surface area contributed by atoms with E-state index in [1.54, 1.807) is 12.3 Å². The highest BCUT2D eigenvalue weighted by Gasteiger charge is 2.54. The number of aliphatic imine (C=N–C) groups is 1. The summed E-state index contributed by atoms with van der Waals surface area (Å²) in [6.07, 6.45) is -1.30. The van der Waals surface area contributed by atoms with Crippen LogP contribution in [0.15, 0.2) is 21.6 Å². The summed E-state index contributed by atoms with van der Waals surface area (Å²) < 4.78 is 15.9. The van der Waals surface area contributed by atoms with Crippen molar-refractivity contribution < 1.29 is 33.7 Å². The largest absolute Gasteiger partial charge is 0.458 e. The predicted molar refractivity (Wildman–Crippen MR) is 144 cm³/mol. The Hall–Kier alpha value is -2.52. The molecule has 0 spiro atoms. The van der Waals surface area contributed by atoms with Gasteiger partial charge in [0.15, 0.2) is 11.9 Å². The number of aliphatic hydroxyl groups is 1. The molecule has 3 rings (SSSR count). The third kappa shape index (κ3) is 7.11. The zero-order chi connectivity index (χ0) is 28.0. The van der Waals surface area contributed by atoms with Crippen molar-refractivity contribution in [3.63, 3.8) is 0 Å². The van der Waals surface area contributed by atoms with E-state index in [1.165, 1.54) is 42.2 Å². The lowest BCUT2D eigenvalue weighted by Crippen LogP contribution is -2.73. The van der Waals surface area contributed by atoms with Gasteiger partial charge in [0.25, 0.3) is 5.91 Å². The maximum Gasteiger partial charge on any atom is 0.355 e. The standard InChI is InChI=1S/C24H35N5O7S2/c1-12(2)6-15(30)7-13(3)36-24(33)19-14(8-34-4)9-38-23-18(22(32)29(19)23)28-20(31)17(26-11-35-5)21-27-16(25)10-37-21/h10,12-13,18,22-23,32H,6-9,11,25H2,1-5H3,(H,28,31)/t13?,18-,22?,23-/m0/s1. The van der Waals surface area contributed by atoms with Gasteiger partial charge >= 0.3 is 5.97 Å². The highest BCUT2D eigenvalue weighted by atomic mass is 32.2. The lowest BCUT2D eigenvalue weighted by molar-refractivity contribution is -0.156. The lowest BCUT2D eigenvalue weighted by Gasteiger charge is -2.55. The van der Waals surface area contributed by atoms with Crippen LogP contribution in [-0.4, -0.2) is 95.4 Å². The van der Waals surface area contributed by atoms with Crippen molar-refractivity contribution in [2.24, 2.45) is 10.9 Å². The summed E-state index contributed by atoms with van der Waals surface area (Å²) in [6, 6.07) is -0.700. The van der Waals surface area contributed by atoms with E-state index >= 15 is 0 Å². The number of amides is 1. The molecule has 14 heteroatoms. The minimum absolute atomic E-state index is 0.0168. The van der Waals surface area contributed by atoms with Crippen LogP contribution in [0.25, 0.3) is 0 Å². The smallest absolute Gasteiger partial charge is 0.355 e. The summed E-state index contributed by atoms with van der Waals surface area (Å²) in [5.41, 5.74) is 6.60. The van der Waals surface area contributed by atoms with Gasteiger partial charge in [-0.2, -0.15) is 0 Å². The molecule has 3 heterocycles. The minimum atomic E-state index is -1.20. The molecule has 1 fully saturated rings. The van der Waals surface area contributed by atoms with Gasteiger partial charge in [-0.15, -0.1) is 23.1 Å². The van der Waals surface area contributed by atoms with E-state index in [2.05, 4.69) is 15.3 Å². The van der Waals surface area contributed by atoms with E-state index in [0.29, 0.717) is 22.8 Å². The maximum absolute atomic E-state index is 13.2. The second kappa shape index (κ2) is 13.5. The summed E-state index contributed by atoms with van der Waals surface area (Å²) in [5, 5.41) is 15.3. The third-order valence-corrected chi connectivity index (χ3v) is 8.01. The maximum atomic E-state index is 13.2. The second-order valence-electron chi connectivity index (χ2n) is 9.47. The van der Waals surface area contributed by atoms with Crippen LogP contribution in [0.5, 0.6) is 0 Å². The van der Waals surface area contributed by atoms with E-state index in [0.717, 1.165) is 0 Å². The molecule has 1 aromatic rings. The van der Waals surface area contributed by atoms with Crippen LogP contribution < -0.4 is 11.1 Å². The molecule has 2 aliphatic heterocycles. The predicted octanol–water partition coefficient (Wildman–Crippen LogP) is 1.15. The summed E-state index contributed by atoms with van der Waals surface area (Å²) >= 11 is 2.62. The molecular formula is C24H35N5O7S2. The lowest BCUT2D eigenvalue weighted by atomic mass is 10.0. The Balaban J connectivity index is 1.74. The first-order valence-corrected chi connectivity index (χ1v) is 14.1. The van der Waals surface area contributed by atoms with E-state index in [1.807, 2.05) is 13.8 Å². The summed E-state index contributed by atoms with van der Waals surface area (Å²) in [5.74, 6) is -0.255. The van der Waals surface area contributed by atoms with Gasteiger partial charge in [0.05, 0.1) is 6.61 Å². The number of methoxy groups -OCH3 is 2. The SMILES string of the molecule is COCN=C(C(=O)N[C@H]1C(O)N2C(C(=O)OC(C)CC(=O)CC(C)C)=C(COC)CS[C@@H]12)c1nc(N)cs1. The number of rotatable bonds is 13. The van der Waals surface area contributed by atoms with Gasteiger partial charge in [0.1, 0.15) is 46.6 Å². The van der Waals surface area contributed by atoms with Crippen molar-refractivity contribution in [2.45, 2.75) is 57.4 Å². The molecule has 210 valence electrons. The molecule has 0 saturated carbocycles. The Kier molecular flexibility index (Phi) is 10.7. The molecule has 0 aromatic carbocycles. The van der Waals surface area contributed by atoms with E-state index in [-0.39, 0.29) is 48.7 Å². The van der Waals surface area contributed by atoms with Crippen molar-refractivity contribution in [1.29, 1.82) is 0 Å². The third-order valence-electron chi connectivity index (χ3n) is 5.77. The molecule has 0 radical (unpaired) electrons. The number of carbonyl (C=O) groups is 3. The monoisotopic (exact) mass is 569 g/mol. The number of hydrogen-bond acceptors (Lipinski definition) is 13. The summed E-state index contributed by atoms with van der Waals surface area (Å²) in [4.78, 5) is 48.4. The molecular weight excluding hydrogens is 534 g/mol. The quantitative estimate of drug-likeness (QED) is 0.230. The molecule has 12 nitrogen and oxygen atoms in total. The van der Waals surface area contributed by atoms with E-state index in [9.17, 15) is 19.5 Å². The summed E-state index contributed by atoms with van der Waals surface area (Å²) in [7, 11) is 2.97. The number of anilines is 1. The number of ketones is 1. The number of carbonyl (C=O) groups excluding carboxylic acids is 3. The van der Waals surface area contributed by atoms with Gasteiger partial charge in [-0.25, -0.2) is 14.8 Å². The minimum Gasteiger partial charge on any atom is -0.458 e. The highest BCUT2D eigenvalue weighted by Crippen LogP contribution is 2.43. The van der Waals surface area contributed by atoms with E-state index in [4.69, 9.17) is 19.9 Å². The Morgan fingerprint density at radius 2 is 2.00 bits per heavy atom. The first-order chi connectivity index (χ1) is 18.1. The van der Waals surface area contributed by atoms with Gasteiger partial charge in [-0.05, 0) is 18.4 Å². The first kappa shape index (κ1) is 30.0. The average molecular weight is 570 g/mol. The average Bonchev–Trinajstić information content (AvgIpc) is 3.27. The number of esters is 1. The van der Waals surface area contributed by atoms with Gasteiger partial charge in [0.2, 0.25) is 0 Å². The van der Waals surface area contributed by atoms with Crippen LogP contribution in [0, 0.1) is 5.92 Å². The molecule has 2 unspecified atom stereocenters. The molecule has 4 atom stereocenters. The molecule has 38 heavy (non-hydrogen) atoms. The van der Waals surface area contributed by atoms with Crippen LogP contribution in [0.1, 0.15) is 38.6 Å². The topological polar surface area (TPSA) is 166 Å². The van der Waals surface area contributed by atoms with Crippen LogP contribution in [0.3, 0.4) is 0 Å². The van der Waals surface area contributed by atoms with Crippen molar-refractivity contribution in [2.75, 3.05) is 39.0 Å². The number of thiazole rings is 1. The number of nitrogens with zero attached hydrogens (tertiary/aromatic N) is 3. The number of fused-ring (bicyclic) bond motifs is 1. The van der Waals surface area contributed by atoms with Crippen molar-refractivity contribution >= 4 is 52.3 Å². The molecule has 1 saturated heterocycles. The zero-order valence-corrected chi connectivity index (χ0v) is 23.8. The molecule has 1 aromatic heterocycles. The Labute approximate surface area is 230 Å². The zero-order valence-electron chi connectivity index (χ0n) is 22.1. The van der Waals surface area contributed by atoms with Gasteiger partial charge in [-0.1, -0.05) is 13.8 Å². The molecule has 0 aliphatic carbocycles. The Bertz CT molecular complexity index is 1090. The fraction of sp³-hybridized carbons (Fsp3) is 0.625. The Morgan fingerprint density at radius 3 is 2.61 bits per heavy atom. The van der Waals surface area contributed by atoms with Gasteiger partial charge in [-0.3, -0.25) is 9.59 Å². The number of Topliss-reactive ketones (excluding diaryl/α,β-unsaturated/α-hetero) is 1. The van der Waals surface area contributed by atoms with Crippen LogP contribution >= 0.6 is 23.1 Å². The highest BCUT2D eigenvalue weighted by molar-refractivity contribution is 8.00. The number of thioether (sulfide) groups is 1. The normalized spacial score (nSPS) is 22.1. The van der Waals surface area contributed by atoms with E-state index < -0.39 is 35.6 Å². The van der Waals surface area contributed by atoms with Crippen molar-refractivity contribution in [3.05, 3.63) is 21.7 Å². The number of nitrogen functional groups attached to an aromatic ring is 1. The van der Waals surface area contributed by atoms with Crippen LogP contribution in [-0.2, 0) is 28.6 Å².